The molecule has 0 aliphatic carbocycles. The molecule has 0 aromatic heterocycles. The first kappa shape index (κ1) is 26.0. The second-order valence-electron chi connectivity index (χ2n) is 6.18. The van der Waals surface area contributed by atoms with Crippen molar-refractivity contribution >= 4 is 32.8 Å². The topological polar surface area (TPSA) is 30.9 Å². The van der Waals surface area contributed by atoms with Gasteiger partial charge in [0.05, 0.1) is 0 Å². The summed E-state index contributed by atoms with van der Waals surface area (Å²) in [5, 5.41) is 0. The molecule has 0 rings (SSSR count). The van der Waals surface area contributed by atoms with Crippen LogP contribution in [0.25, 0.3) is 0 Å². The van der Waals surface area contributed by atoms with Crippen LogP contribution in [0.3, 0.4) is 0 Å². The van der Waals surface area contributed by atoms with E-state index in [0.717, 1.165) is 19.0 Å². The third-order valence-corrected chi connectivity index (χ3v) is 7.18. The average Bonchev–Trinajstić information content (AvgIpc) is 2.54. The molecule has 0 saturated carbocycles. The molecular formula is C17H40INO3Si. The zero-order valence-corrected chi connectivity index (χ0v) is 19.4. The Morgan fingerprint density at radius 2 is 1.13 bits per heavy atom. The Kier molecular flexibility index (Phi) is 19.9. The summed E-state index contributed by atoms with van der Waals surface area (Å²) < 4.78 is 16.3. The van der Waals surface area contributed by atoms with Gasteiger partial charge >= 0.3 is 8.80 Å². The molecule has 0 bridgehead atoms. The summed E-state index contributed by atoms with van der Waals surface area (Å²) in [6.07, 6.45) is 12.1. The van der Waals surface area contributed by atoms with E-state index >= 15 is 0 Å². The van der Waals surface area contributed by atoms with E-state index < -0.39 is 8.80 Å². The highest BCUT2D eigenvalue weighted by molar-refractivity contribution is 14.0. The highest BCUT2D eigenvalue weighted by atomic mass is 127. The van der Waals surface area contributed by atoms with E-state index in [-0.39, 0.29) is 24.0 Å². The first-order valence-electron chi connectivity index (χ1n) is 8.98. The van der Waals surface area contributed by atoms with Crippen LogP contribution < -0.4 is 0 Å². The fourth-order valence-electron chi connectivity index (χ4n) is 2.75. The van der Waals surface area contributed by atoms with Crippen LogP contribution in [0, 0.1) is 0 Å². The van der Waals surface area contributed by atoms with Gasteiger partial charge in [-0.05, 0) is 33.0 Å². The van der Waals surface area contributed by atoms with Crippen LogP contribution in [0.15, 0.2) is 0 Å². The molecule has 0 spiro atoms. The van der Waals surface area contributed by atoms with Crippen molar-refractivity contribution in [3.63, 3.8) is 0 Å². The minimum Gasteiger partial charge on any atom is -0.377 e. The number of rotatable bonds is 16. The molecule has 0 atom stereocenters. The number of nitrogens with zero attached hydrogens (tertiary/aromatic N) is 1. The van der Waals surface area contributed by atoms with Gasteiger partial charge in [0.25, 0.3) is 0 Å². The van der Waals surface area contributed by atoms with E-state index in [4.69, 9.17) is 13.3 Å². The third kappa shape index (κ3) is 13.7. The second kappa shape index (κ2) is 17.6. The van der Waals surface area contributed by atoms with E-state index in [1.807, 2.05) is 0 Å². The molecule has 0 fully saturated rings. The molecule has 0 unspecified atom stereocenters. The van der Waals surface area contributed by atoms with Gasteiger partial charge in [0, 0.05) is 27.4 Å². The van der Waals surface area contributed by atoms with E-state index in [2.05, 4.69) is 18.9 Å². The second-order valence-corrected chi connectivity index (χ2v) is 9.27. The number of unbranched alkanes of at least 4 members (excludes halogenated alkanes) is 7. The van der Waals surface area contributed by atoms with Gasteiger partial charge in [-0.15, -0.1) is 24.0 Å². The maximum atomic E-state index is 5.45. The van der Waals surface area contributed by atoms with Gasteiger partial charge in [-0.25, -0.2) is 0 Å². The lowest BCUT2D eigenvalue weighted by Gasteiger charge is -2.25. The Balaban J connectivity index is 0. The lowest BCUT2D eigenvalue weighted by Crippen LogP contribution is -2.43. The maximum absolute atomic E-state index is 5.45. The van der Waals surface area contributed by atoms with Crippen molar-refractivity contribution in [3.8, 4) is 0 Å². The third-order valence-electron chi connectivity index (χ3n) is 4.35. The molecule has 4 nitrogen and oxygen atoms in total. The van der Waals surface area contributed by atoms with Crippen molar-refractivity contribution in [3.05, 3.63) is 0 Å². The fraction of sp³-hybridized carbons (Fsp3) is 1.00. The largest absolute Gasteiger partial charge is 0.500 e. The molecule has 0 heterocycles. The zero-order valence-electron chi connectivity index (χ0n) is 16.1. The SMILES string of the molecule is CCCCCCCCCCN(C)CCC[Si](OC)(OC)OC.I. The van der Waals surface area contributed by atoms with E-state index in [1.54, 1.807) is 21.3 Å². The lowest BCUT2D eigenvalue weighted by molar-refractivity contribution is 0.122. The number of halogens is 1. The van der Waals surface area contributed by atoms with Crippen LogP contribution in [-0.4, -0.2) is 55.2 Å². The Hall–Kier alpha value is 0.787. The fourth-order valence-corrected chi connectivity index (χ4v) is 4.45. The highest BCUT2D eigenvalue weighted by Gasteiger charge is 2.36. The number of hydrogen-bond acceptors (Lipinski definition) is 4. The van der Waals surface area contributed by atoms with Crippen LogP contribution in [0.2, 0.25) is 6.04 Å². The van der Waals surface area contributed by atoms with E-state index in [0.29, 0.717) is 0 Å². The summed E-state index contributed by atoms with van der Waals surface area (Å²) in [4.78, 5) is 2.41. The number of hydrogen-bond donors (Lipinski definition) is 0. The first-order chi connectivity index (χ1) is 10.6. The van der Waals surface area contributed by atoms with Crippen LogP contribution in [-0.2, 0) is 13.3 Å². The normalized spacial score (nSPS) is 11.7. The molecule has 0 saturated heterocycles. The Morgan fingerprint density at radius 1 is 0.696 bits per heavy atom. The molecule has 142 valence electrons. The molecule has 0 N–H and O–H groups in total. The summed E-state index contributed by atoms with van der Waals surface area (Å²) in [5.74, 6) is 0. The predicted octanol–water partition coefficient (Wildman–Crippen LogP) is 4.95. The van der Waals surface area contributed by atoms with Gasteiger partial charge in [-0.2, -0.15) is 0 Å². The molecule has 23 heavy (non-hydrogen) atoms. The average molecular weight is 462 g/mol. The van der Waals surface area contributed by atoms with Gasteiger partial charge in [0.1, 0.15) is 0 Å². The summed E-state index contributed by atoms with van der Waals surface area (Å²) >= 11 is 0. The monoisotopic (exact) mass is 461 g/mol. The maximum Gasteiger partial charge on any atom is 0.500 e. The highest BCUT2D eigenvalue weighted by Crippen LogP contribution is 2.15. The summed E-state index contributed by atoms with van der Waals surface area (Å²) in [7, 11) is 4.89. The minimum atomic E-state index is -2.37. The van der Waals surface area contributed by atoms with Crippen LogP contribution in [0.1, 0.15) is 64.7 Å². The molecule has 0 amide bonds. The van der Waals surface area contributed by atoms with Gasteiger partial charge in [-0.3, -0.25) is 0 Å². The Morgan fingerprint density at radius 3 is 1.61 bits per heavy atom. The zero-order chi connectivity index (χ0) is 16.7. The van der Waals surface area contributed by atoms with Crippen molar-refractivity contribution in [2.75, 3.05) is 41.5 Å². The molecular weight excluding hydrogens is 421 g/mol. The van der Waals surface area contributed by atoms with Crippen LogP contribution >= 0.6 is 24.0 Å². The lowest BCUT2D eigenvalue weighted by atomic mass is 10.1. The molecule has 0 aromatic rings. The standard InChI is InChI=1S/C17H39NO3Si.HI/c1-6-7-8-9-10-11-12-13-15-18(2)16-14-17-22(19-3,20-4)21-5;/h6-17H2,1-5H3;1H. The smallest absolute Gasteiger partial charge is 0.377 e. The Labute approximate surface area is 163 Å². The van der Waals surface area contributed by atoms with Crippen molar-refractivity contribution in [1.82, 2.24) is 4.90 Å². The van der Waals surface area contributed by atoms with E-state index in [1.165, 1.54) is 57.9 Å². The van der Waals surface area contributed by atoms with Crippen LogP contribution in [0.4, 0.5) is 0 Å². The molecule has 0 aromatic carbocycles. The Bertz CT molecular complexity index is 236. The van der Waals surface area contributed by atoms with Crippen molar-refractivity contribution in [1.29, 1.82) is 0 Å². The van der Waals surface area contributed by atoms with Gasteiger partial charge in [0.2, 0.25) is 0 Å². The summed E-state index contributed by atoms with van der Waals surface area (Å²) in [5.41, 5.74) is 0. The van der Waals surface area contributed by atoms with Crippen molar-refractivity contribution in [2.45, 2.75) is 70.8 Å². The molecule has 0 aliphatic rings. The summed E-state index contributed by atoms with van der Waals surface area (Å²) in [6, 6.07) is 0.887. The van der Waals surface area contributed by atoms with Gasteiger partial charge < -0.3 is 18.2 Å². The predicted molar refractivity (Wildman–Crippen MR) is 112 cm³/mol. The summed E-state index contributed by atoms with van der Waals surface area (Å²) in [6.45, 7) is 4.55. The van der Waals surface area contributed by atoms with Gasteiger partial charge in [0.15, 0.2) is 0 Å². The van der Waals surface area contributed by atoms with Crippen LogP contribution in [0.5, 0.6) is 0 Å². The molecule has 6 heteroatoms. The first-order valence-corrected chi connectivity index (χ1v) is 10.9. The molecule has 0 aliphatic heterocycles. The quantitative estimate of drug-likeness (QED) is 0.185. The van der Waals surface area contributed by atoms with Gasteiger partial charge in [-0.1, -0.05) is 51.9 Å². The van der Waals surface area contributed by atoms with E-state index in [9.17, 15) is 0 Å². The minimum absolute atomic E-state index is 0. The van der Waals surface area contributed by atoms with Crippen molar-refractivity contribution < 1.29 is 13.3 Å². The molecule has 0 radical (unpaired) electrons. The van der Waals surface area contributed by atoms with Crippen molar-refractivity contribution in [2.24, 2.45) is 0 Å².